The van der Waals surface area contributed by atoms with Gasteiger partial charge in [0.15, 0.2) is 0 Å². The van der Waals surface area contributed by atoms with Crippen LogP contribution >= 0.6 is 0 Å². The van der Waals surface area contributed by atoms with Crippen molar-refractivity contribution in [3.8, 4) is 0 Å². The lowest BCUT2D eigenvalue weighted by atomic mass is 9.99. The Bertz CT molecular complexity index is 405. The van der Waals surface area contributed by atoms with Crippen molar-refractivity contribution in [3.05, 3.63) is 12.2 Å². The molecule has 1 N–H and O–H groups in total. The molecule has 0 aromatic heterocycles. The highest BCUT2D eigenvalue weighted by molar-refractivity contribution is 6.07. The summed E-state index contributed by atoms with van der Waals surface area (Å²) >= 11 is 0. The van der Waals surface area contributed by atoms with Gasteiger partial charge in [0.1, 0.15) is 5.54 Å². The molecule has 0 saturated carbocycles. The maximum atomic E-state index is 12.0. The first kappa shape index (κ1) is 14.2. The molecule has 1 fully saturated rings. The van der Waals surface area contributed by atoms with Gasteiger partial charge in [-0.3, -0.25) is 9.69 Å². The van der Waals surface area contributed by atoms with Gasteiger partial charge in [-0.1, -0.05) is 13.5 Å². The van der Waals surface area contributed by atoms with Crippen LogP contribution in [0.2, 0.25) is 0 Å². The first-order chi connectivity index (χ1) is 8.35. The lowest BCUT2D eigenvalue weighted by molar-refractivity contribution is -0.138. The number of esters is 1. The molecular formula is C12H18N2O4. The number of nitrogens with one attached hydrogen (secondary N) is 1. The van der Waals surface area contributed by atoms with E-state index in [4.69, 9.17) is 4.74 Å². The normalized spacial score (nSPS) is 22.9. The van der Waals surface area contributed by atoms with Crippen molar-refractivity contribution >= 4 is 17.9 Å². The van der Waals surface area contributed by atoms with E-state index in [-0.39, 0.29) is 24.6 Å². The lowest BCUT2D eigenvalue weighted by Gasteiger charge is -2.19. The van der Waals surface area contributed by atoms with Gasteiger partial charge in [-0.15, -0.1) is 0 Å². The van der Waals surface area contributed by atoms with E-state index in [1.807, 2.05) is 6.92 Å². The van der Waals surface area contributed by atoms with E-state index in [9.17, 15) is 14.4 Å². The fourth-order valence-electron chi connectivity index (χ4n) is 1.62. The van der Waals surface area contributed by atoms with Gasteiger partial charge in [0.05, 0.1) is 13.2 Å². The molecule has 1 aliphatic heterocycles. The predicted molar refractivity (Wildman–Crippen MR) is 64.7 cm³/mol. The standard InChI is InChI=1S/C12H18N2O4/c1-5-12(4)10(16)14(11(17)13-12)7-8(3)9(15)18-6-2/h3,5-7H2,1-2,4H3,(H,13,17). The van der Waals surface area contributed by atoms with E-state index in [2.05, 4.69) is 11.9 Å². The van der Waals surface area contributed by atoms with Crippen LogP contribution in [0.5, 0.6) is 0 Å². The van der Waals surface area contributed by atoms with Crippen LogP contribution in [0, 0.1) is 0 Å². The molecule has 0 aromatic carbocycles. The van der Waals surface area contributed by atoms with Crippen LogP contribution in [-0.4, -0.2) is 41.5 Å². The molecule has 0 spiro atoms. The minimum absolute atomic E-state index is 0.0840. The molecule has 1 aliphatic rings. The lowest BCUT2D eigenvalue weighted by Crippen LogP contribution is -2.43. The average molecular weight is 254 g/mol. The number of nitrogens with zero attached hydrogens (tertiary/aromatic N) is 1. The Balaban J connectivity index is 2.74. The van der Waals surface area contributed by atoms with Gasteiger partial charge in [-0.05, 0) is 20.3 Å². The Morgan fingerprint density at radius 2 is 2.06 bits per heavy atom. The molecule has 1 saturated heterocycles. The highest BCUT2D eigenvalue weighted by Gasteiger charge is 2.46. The zero-order valence-electron chi connectivity index (χ0n) is 10.9. The number of hydrogen-bond acceptors (Lipinski definition) is 4. The first-order valence-corrected chi connectivity index (χ1v) is 5.84. The number of amides is 3. The predicted octanol–water partition coefficient (Wildman–Crippen LogP) is 0.826. The van der Waals surface area contributed by atoms with E-state index in [1.165, 1.54) is 0 Å². The molecule has 6 heteroatoms. The van der Waals surface area contributed by atoms with Crippen molar-refractivity contribution in [2.75, 3.05) is 13.2 Å². The molecular weight excluding hydrogens is 236 g/mol. The smallest absolute Gasteiger partial charge is 0.335 e. The van der Waals surface area contributed by atoms with E-state index in [0.717, 1.165) is 4.90 Å². The van der Waals surface area contributed by atoms with Gasteiger partial charge in [0, 0.05) is 5.57 Å². The largest absolute Gasteiger partial charge is 0.463 e. The van der Waals surface area contributed by atoms with Crippen LogP contribution in [0.15, 0.2) is 12.2 Å². The third-order valence-electron chi connectivity index (χ3n) is 2.97. The van der Waals surface area contributed by atoms with Crippen LogP contribution in [0.1, 0.15) is 27.2 Å². The summed E-state index contributed by atoms with van der Waals surface area (Å²) in [7, 11) is 0. The van der Waals surface area contributed by atoms with Crippen LogP contribution in [0.4, 0.5) is 4.79 Å². The summed E-state index contributed by atoms with van der Waals surface area (Å²) < 4.78 is 4.75. The van der Waals surface area contributed by atoms with Crippen LogP contribution in [0.3, 0.4) is 0 Å². The maximum Gasteiger partial charge on any atom is 0.335 e. The van der Waals surface area contributed by atoms with Gasteiger partial charge in [-0.25, -0.2) is 9.59 Å². The molecule has 0 aromatic rings. The highest BCUT2D eigenvalue weighted by atomic mass is 16.5. The summed E-state index contributed by atoms with van der Waals surface area (Å²) in [6.07, 6.45) is 0.486. The average Bonchev–Trinajstić information content (AvgIpc) is 2.54. The van der Waals surface area contributed by atoms with Gasteiger partial charge in [0.2, 0.25) is 0 Å². The van der Waals surface area contributed by atoms with E-state index in [1.54, 1.807) is 13.8 Å². The number of imide groups is 1. The highest BCUT2D eigenvalue weighted by Crippen LogP contribution is 2.21. The summed E-state index contributed by atoms with van der Waals surface area (Å²) in [6.45, 7) is 8.75. The van der Waals surface area contributed by atoms with Crippen LogP contribution < -0.4 is 5.32 Å². The molecule has 1 heterocycles. The quantitative estimate of drug-likeness (QED) is 0.448. The molecule has 3 amide bonds. The molecule has 0 bridgehead atoms. The maximum absolute atomic E-state index is 12.0. The molecule has 100 valence electrons. The summed E-state index contributed by atoms with van der Waals surface area (Å²) in [6, 6.07) is -0.505. The van der Waals surface area contributed by atoms with Crippen molar-refractivity contribution in [1.29, 1.82) is 0 Å². The SMILES string of the molecule is C=C(CN1C(=O)NC(C)(CC)C1=O)C(=O)OCC. The van der Waals surface area contributed by atoms with Crippen molar-refractivity contribution in [3.63, 3.8) is 0 Å². The second-order valence-corrected chi connectivity index (χ2v) is 4.33. The number of carbonyl (C=O) groups excluding carboxylic acids is 3. The van der Waals surface area contributed by atoms with Gasteiger partial charge >= 0.3 is 12.0 Å². The van der Waals surface area contributed by atoms with Crippen molar-refractivity contribution in [2.24, 2.45) is 0 Å². The van der Waals surface area contributed by atoms with Crippen LogP contribution in [-0.2, 0) is 14.3 Å². The van der Waals surface area contributed by atoms with Crippen molar-refractivity contribution in [2.45, 2.75) is 32.7 Å². The fraction of sp³-hybridized carbons (Fsp3) is 0.583. The second kappa shape index (κ2) is 5.20. The van der Waals surface area contributed by atoms with E-state index in [0.29, 0.717) is 6.42 Å². The first-order valence-electron chi connectivity index (χ1n) is 5.84. The van der Waals surface area contributed by atoms with E-state index < -0.39 is 17.5 Å². The number of hydrogen-bond donors (Lipinski definition) is 1. The zero-order valence-corrected chi connectivity index (χ0v) is 10.9. The Labute approximate surface area is 106 Å². The molecule has 18 heavy (non-hydrogen) atoms. The summed E-state index contributed by atoms with van der Waals surface area (Å²) in [5.74, 6) is -0.941. The Kier molecular flexibility index (Phi) is 4.11. The third-order valence-corrected chi connectivity index (χ3v) is 2.97. The number of carbonyl (C=O) groups is 3. The summed E-state index contributed by atoms with van der Waals surface area (Å²) in [5.41, 5.74) is -0.813. The molecule has 1 unspecified atom stereocenters. The minimum Gasteiger partial charge on any atom is -0.463 e. The van der Waals surface area contributed by atoms with Crippen molar-refractivity contribution < 1.29 is 19.1 Å². The van der Waals surface area contributed by atoms with Crippen LogP contribution in [0.25, 0.3) is 0 Å². The summed E-state index contributed by atoms with van der Waals surface area (Å²) in [4.78, 5) is 36.1. The number of ether oxygens (including phenoxy) is 1. The Hall–Kier alpha value is -1.85. The molecule has 6 nitrogen and oxygen atoms in total. The third kappa shape index (κ3) is 2.52. The Morgan fingerprint density at radius 3 is 2.50 bits per heavy atom. The number of urea groups is 1. The molecule has 1 rings (SSSR count). The second-order valence-electron chi connectivity index (χ2n) is 4.33. The fourth-order valence-corrected chi connectivity index (χ4v) is 1.62. The van der Waals surface area contributed by atoms with Gasteiger partial charge in [0.25, 0.3) is 5.91 Å². The van der Waals surface area contributed by atoms with E-state index >= 15 is 0 Å². The molecule has 0 radical (unpaired) electrons. The molecule has 1 atom stereocenters. The monoisotopic (exact) mass is 254 g/mol. The minimum atomic E-state index is -0.897. The van der Waals surface area contributed by atoms with Gasteiger partial charge in [-0.2, -0.15) is 0 Å². The van der Waals surface area contributed by atoms with Crippen molar-refractivity contribution in [1.82, 2.24) is 10.2 Å². The molecule has 0 aliphatic carbocycles. The zero-order chi connectivity index (χ0) is 13.9. The number of rotatable bonds is 5. The van der Waals surface area contributed by atoms with Gasteiger partial charge < -0.3 is 10.1 Å². The Morgan fingerprint density at radius 1 is 1.44 bits per heavy atom. The summed E-state index contributed by atoms with van der Waals surface area (Å²) in [5, 5.41) is 2.60. The topological polar surface area (TPSA) is 75.7 Å².